The topological polar surface area (TPSA) is 58.6 Å². The molecule has 0 aliphatic heterocycles. The van der Waals surface area contributed by atoms with Crippen molar-refractivity contribution >= 4 is 5.97 Å². The van der Waals surface area contributed by atoms with Crippen LogP contribution in [-0.2, 0) is 9.53 Å². The number of ether oxygens (including phenoxy) is 1. The van der Waals surface area contributed by atoms with E-state index in [4.69, 9.17) is 4.74 Å². The summed E-state index contributed by atoms with van der Waals surface area (Å²) < 4.78 is 4.77. The van der Waals surface area contributed by atoms with E-state index in [-0.39, 0.29) is 12.1 Å². The van der Waals surface area contributed by atoms with Gasteiger partial charge < -0.3 is 15.2 Å². The molecule has 0 saturated heterocycles. The third kappa shape index (κ3) is 8.01. The maximum Gasteiger partial charge on any atom is 0.305 e. The molecule has 0 spiro atoms. The molecule has 0 fully saturated rings. The summed E-state index contributed by atoms with van der Waals surface area (Å²) >= 11 is 0. The summed E-state index contributed by atoms with van der Waals surface area (Å²) in [7, 11) is 0. The SMILES string of the molecule is CCOC(=O)CCCNCC(O)CC. The summed E-state index contributed by atoms with van der Waals surface area (Å²) in [5, 5.41) is 12.3. The Bertz CT molecular complexity index is 150. The first-order valence-corrected chi connectivity index (χ1v) is 5.25. The van der Waals surface area contributed by atoms with Gasteiger partial charge in [0.15, 0.2) is 0 Å². The van der Waals surface area contributed by atoms with Crippen LogP contribution in [0, 0.1) is 0 Å². The molecule has 0 aliphatic rings. The first-order valence-electron chi connectivity index (χ1n) is 5.25. The molecule has 2 N–H and O–H groups in total. The normalized spacial score (nSPS) is 12.5. The van der Waals surface area contributed by atoms with Gasteiger partial charge in [-0.1, -0.05) is 6.92 Å². The third-order valence-electron chi connectivity index (χ3n) is 1.89. The molecule has 14 heavy (non-hydrogen) atoms. The van der Waals surface area contributed by atoms with Crippen LogP contribution in [0.3, 0.4) is 0 Å². The fraction of sp³-hybridized carbons (Fsp3) is 0.900. The lowest BCUT2D eigenvalue weighted by molar-refractivity contribution is -0.143. The second kappa shape index (κ2) is 8.97. The number of aliphatic hydroxyl groups is 1. The number of aliphatic hydroxyl groups excluding tert-OH is 1. The monoisotopic (exact) mass is 203 g/mol. The molecule has 1 unspecified atom stereocenters. The van der Waals surface area contributed by atoms with Crippen LogP contribution in [0.15, 0.2) is 0 Å². The summed E-state index contributed by atoms with van der Waals surface area (Å²) in [4.78, 5) is 10.9. The Balaban J connectivity index is 3.17. The summed E-state index contributed by atoms with van der Waals surface area (Å²) in [6.45, 7) is 5.52. The zero-order valence-corrected chi connectivity index (χ0v) is 9.08. The van der Waals surface area contributed by atoms with Crippen molar-refractivity contribution in [1.29, 1.82) is 0 Å². The van der Waals surface area contributed by atoms with Gasteiger partial charge in [-0.25, -0.2) is 0 Å². The van der Waals surface area contributed by atoms with Crippen molar-refractivity contribution in [3.63, 3.8) is 0 Å². The zero-order chi connectivity index (χ0) is 10.8. The van der Waals surface area contributed by atoms with E-state index in [1.165, 1.54) is 0 Å². The van der Waals surface area contributed by atoms with Gasteiger partial charge in [-0.2, -0.15) is 0 Å². The molecule has 4 nitrogen and oxygen atoms in total. The summed E-state index contributed by atoms with van der Waals surface area (Å²) in [5.41, 5.74) is 0. The maximum atomic E-state index is 10.9. The first-order chi connectivity index (χ1) is 6.70. The van der Waals surface area contributed by atoms with E-state index >= 15 is 0 Å². The molecule has 0 saturated carbocycles. The number of hydrogen-bond donors (Lipinski definition) is 2. The van der Waals surface area contributed by atoms with Gasteiger partial charge in [0.1, 0.15) is 0 Å². The average molecular weight is 203 g/mol. The molecule has 0 radical (unpaired) electrons. The van der Waals surface area contributed by atoms with Crippen LogP contribution < -0.4 is 5.32 Å². The van der Waals surface area contributed by atoms with Gasteiger partial charge in [-0.05, 0) is 26.3 Å². The van der Waals surface area contributed by atoms with Crippen LogP contribution in [0.2, 0.25) is 0 Å². The number of rotatable bonds is 8. The highest BCUT2D eigenvalue weighted by Gasteiger charge is 2.02. The quantitative estimate of drug-likeness (QED) is 0.450. The van der Waals surface area contributed by atoms with Crippen molar-refractivity contribution in [2.45, 2.75) is 39.2 Å². The van der Waals surface area contributed by atoms with E-state index in [2.05, 4.69) is 5.32 Å². The number of hydrogen-bond acceptors (Lipinski definition) is 4. The molecule has 0 bridgehead atoms. The highest BCUT2D eigenvalue weighted by molar-refractivity contribution is 5.69. The lowest BCUT2D eigenvalue weighted by atomic mass is 10.2. The minimum absolute atomic E-state index is 0.148. The largest absolute Gasteiger partial charge is 0.466 e. The Kier molecular flexibility index (Phi) is 8.57. The number of nitrogens with one attached hydrogen (secondary N) is 1. The average Bonchev–Trinajstić information content (AvgIpc) is 2.17. The predicted molar refractivity (Wildman–Crippen MR) is 55.0 cm³/mol. The second-order valence-corrected chi connectivity index (χ2v) is 3.17. The fourth-order valence-corrected chi connectivity index (χ4v) is 1.00. The third-order valence-corrected chi connectivity index (χ3v) is 1.89. The Labute approximate surface area is 85.6 Å². The maximum absolute atomic E-state index is 10.9. The van der Waals surface area contributed by atoms with E-state index in [1.54, 1.807) is 6.92 Å². The van der Waals surface area contributed by atoms with Crippen LogP contribution in [0.5, 0.6) is 0 Å². The molecule has 0 aromatic heterocycles. The van der Waals surface area contributed by atoms with Crippen LogP contribution in [-0.4, -0.2) is 36.9 Å². The van der Waals surface area contributed by atoms with Crippen LogP contribution in [0.4, 0.5) is 0 Å². The lowest BCUT2D eigenvalue weighted by Crippen LogP contribution is -2.27. The van der Waals surface area contributed by atoms with Crippen molar-refractivity contribution in [1.82, 2.24) is 5.32 Å². The molecule has 0 aromatic carbocycles. The predicted octanol–water partition coefficient (Wildman–Crippen LogP) is 0.690. The summed E-state index contributed by atoms with van der Waals surface area (Å²) in [5.74, 6) is -0.148. The number of carbonyl (C=O) groups is 1. The first kappa shape index (κ1) is 13.4. The van der Waals surface area contributed by atoms with Gasteiger partial charge >= 0.3 is 5.97 Å². The molecule has 0 amide bonds. The Morgan fingerprint density at radius 1 is 1.50 bits per heavy atom. The number of carbonyl (C=O) groups excluding carboxylic acids is 1. The Morgan fingerprint density at radius 3 is 2.79 bits per heavy atom. The highest BCUT2D eigenvalue weighted by Crippen LogP contribution is 1.92. The minimum atomic E-state index is -0.280. The van der Waals surface area contributed by atoms with Crippen molar-refractivity contribution in [2.75, 3.05) is 19.7 Å². The Morgan fingerprint density at radius 2 is 2.21 bits per heavy atom. The van der Waals surface area contributed by atoms with Gasteiger partial charge in [-0.15, -0.1) is 0 Å². The smallest absolute Gasteiger partial charge is 0.305 e. The fourth-order valence-electron chi connectivity index (χ4n) is 1.00. The van der Waals surface area contributed by atoms with Crippen LogP contribution in [0.1, 0.15) is 33.1 Å². The zero-order valence-electron chi connectivity index (χ0n) is 9.08. The second-order valence-electron chi connectivity index (χ2n) is 3.17. The van der Waals surface area contributed by atoms with Crippen molar-refractivity contribution < 1.29 is 14.6 Å². The molecule has 84 valence electrons. The summed E-state index contributed by atoms with van der Waals surface area (Å²) in [6, 6.07) is 0. The molecule has 4 heteroatoms. The molecule has 0 heterocycles. The van der Waals surface area contributed by atoms with Crippen LogP contribution >= 0.6 is 0 Å². The van der Waals surface area contributed by atoms with Gasteiger partial charge in [0.05, 0.1) is 12.7 Å². The van der Waals surface area contributed by atoms with Gasteiger partial charge in [-0.3, -0.25) is 4.79 Å². The highest BCUT2D eigenvalue weighted by atomic mass is 16.5. The summed E-state index contributed by atoms with van der Waals surface area (Å²) in [6.07, 6.45) is 1.68. The van der Waals surface area contributed by atoms with Crippen molar-refractivity contribution in [3.8, 4) is 0 Å². The Hall–Kier alpha value is -0.610. The molecule has 1 atom stereocenters. The molecular weight excluding hydrogens is 182 g/mol. The van der Waals surface area contributed by atoms with Gasteiger partial charge in [0.2, 0.25) is 0 Å². The number of esters is 1. The van der Waals surface area contributed by atoms with E-state index in [9.17, 15) is 9.90 Å². The van der Waals surface area contributed by atoms with E-state index in [1.807, 2.05) is 6.92 Å². The van der Waals surface area contributed by atoms with Crippen molar-refractivity contribution in [2.24, 2.45) is 0 Å². The molecule has 0 aliphatic carbocycles. The van der Waals surface area contributed by atoms with E-state index in [0.29, 0.717) is 19.6 Å². The minimum Gasteiger partial charge on any atom is -0.466 e. The molecule has 0 aromatic rings. The standard InChI is InChI=1S/C10H21NO3/c1-3-9(12)8-11-7-5-6-10(13)14-4-2/h9,11-12H,3-8H2,1-2H3. The van der Waals surface area contributed by atoms with Crippen molar-refractivity contribution in [3.05, 3.63) is 0 Å². The van der Waals surface area contributed by atoms with Gasteiger partial charge in [0.25, 0.3) is 0 Å². The molecule has 0 rings (SSSR count). The lowest BCUT2D eigenvalue weighted by Gasteiger charge is -2.08. The molecular formula is C10H21NO3. The van der Waals surface area contributed by atoms with Gasteiger partial charge in [0, 0.05) is 13.0 Å². The van der Waals surface area contributed by atoms with E-state index in [0.717, 1.165) is 19.4 Å². The van der Waals surface area contributed by atoms with Crippen LogP contribution in [0.25, 0.3) is 0 Å². The van der Waals surface area contributed by atoms with E-state index < -0.39 is 0 Å².